The first kappa shape index (κ1) is 16.7. The lowest BCUT2D eigenvalue weighted by atomic mass is 9.83. The van der Waals surface area contributed by atoms with Crippen molar-refractivity contribution in [2.75, 3.05) is 33.4 Å². The van der Waals surface area contributed by atoms with Crippen molar-refractivity contribution in [3.05, 3.63) is 0 Å². The highest BCUT2D eigenvalue weighted by Gasteiger charge is 2.35. The summed E-state index contributed by atoms with van der Waals surface area (Å²) in [5.41, 5.74) is 0. The Hall–Kier alpha value is -0.690. The molecule has 3 atom stereocenters. The van der Waals surface area contributed by atoms with E-state index in [2.05, 4.69) is 5.32 Å². The van der Waals surface area contributed by atoms with E-state index in [9.17, 15) is 9.90 Å². The molecule has 0 aromatic heterocycles. The van der Waals surface area contributed by atoms with Crippen molar-refractivity contribution in [2.45, 2.75) is 45.1 Å². The van der Waals surface area contributed by atoms with E-state index in [4.69, 9.17) is 9.47 Å². The first-order valence-electron chi connectivity index (χ1n) is 7.97. The molecule has 122 valence electrons. The molecule has 0 spiro atoms. The largest absolute Gasteiger partial charge is 0.381 e. The van der Waals surface area contributed by atoms with Crippen molar-refractivity contribution in [2.24, 2.45) is 11.8 Å². The molecular weight excluding hydrogens is 272 g/mol. The number of carbonyl (C=O) groups is 1. The van der Waals surface area contributed by atoms with E-state index in [1.165, 1.54) is 7.11 Å². The van der Waals surface area contributed by atoms with Gasteiger partial charge in [0.05, 0.1) is 5.92 Å². The average molecular weight is 300 g/mol. The predicted molar refractivity (Wildman–Crippen MR) is 78.5 cm³/mol. The Balaban J connectivity index is 2.02. The number of hydrogen-bond acceptors (Lipinski definition) is 5. The highest BCUT2D eigenvalue weighted by molar-refractivity contribution is 5.79. The highest BCUT2D eigenvalue weighted by Crippen LogP contribution is 2.26. The Morgan fingerprint density at radius 1 is 1.33 bits per heavy atom. The molecule has 6 heteroatoms. The second-order valence-electron chi connectivity index (χ2n) is 6.05. The monoisotopic (exact) mass is 300 g/mol. The minimum Gasteiger partial charge on any atom is -0.381 e. The summed E-state index contributed by atoms with van der Waals surface area (Å²) in [4.78, 5) is 14.6. The Labute approximate surface area is 126 Å². The molecule has 2 N–H and O–H groups in total. The third-order valence-electron chi connectivity index (χ3n) is 4.68. The van der Waals surface area contributed by atoms with Gasteiger partial charge in [0.1, 0.15) is 0 Å². The molecule has 0 saturated carbocycles. The lowest BCUT2D eigenvalue weighted by Gasteiger charge is -2.36. The molecule has 2 rings (SSSR count). The molecule has 2 saturated heterocycles. The number of methoxy groups -OCH3 is 1. The van der Waals surface area contributed by atoms with Crippen LogP contribution in [0.15, 0.2) is 0 Å². The van der Waals surface area contributed by atoms with E-state index in [-0.39, 0.29) is 17.9 Å². The summed E-state index contributed by atoms with van der Waals surface area (Å²) in [5.74, 6) is 0.334. The zero-order valence-electron chi connectivity index (χ0n) is 13.1. The Kier molecular flexibility index (Phi) is 6.41. The summed E-state index contributed by atoms with van der Waals surface area (Å²) in [6.07, 6.45) is 2.96. The van der Waals surface area contributed by atoms with Crippen molar-refractivity contribution in [1.82, 2.24) is 10.2 Å². The van der Waals surface area contributed by atoms with Crippen LogP contribution < -0.4 is 5.32 Å². The molecule has 0 bridgehead atoms. The standard InChI is InChI=1S/C15H28N2O4/c1-11(14(18)17-7-3-4-8-17)13(16-15(19)20-2)12-5-9-21-10-6-12/h11-13,15-16,19H,3-10H2,1-2H3. The van der Waals surface area contributed by atoms with Crippen LogP contribution in [-0.2, 0) is 14.3 Å². The first-order chi connectivity index (χ1) is 10.1. The van der Waals surface area contributed by atoms with Crippen LogP contribution >= 0.6 is 0 Å². The summed E-state index contributed by atoms with van der Waals surface area (Å²) in [6, 6.07) is -0.0862. The zero-order valence-corrected chi connectivity index (χ0v) is 13.1. The second kappa shape index (κ2) is 8.08. The summed E-state index contributed by atoms with van der Waals surface area (Å²) < 4.78 is 10.3. The molecule has 21 heavy (non-hydrogen) atoms. The number of hydrogen-bond donors (Lipinski definition) is 2. The SMILES string of the molecule is COC(O)NC(C1CCOCC1)C(C)C(=O)N1CCCC1. The smallest absolute Gasteiger partial charge is 0.226 e. The van der Waals surface area contributed by atoms with Crippen LogP contribution in [0.2, 0.25) is 0 Å². The van der Waals surface area contributed by atoms with Crippen LogP contribution in [0.4, 0.5) is 0 Å². The maximum absolute atomic E-state index is 12.6. The molecule has 2 aliphatic heterocycles. The molecular formula is C15H28N2O4. The summed E-state index contributed by atoms with van der Waals surface area (Å²) >= 11 is 0. The minimum atomic E-state index is -1.04. The summed E-state index contributed by atoms with van der Waals surface area (Å²) in [6.45, 7) is 5.11. The number of aliphatic hydroxyl groups excluding tert-OH is 1. The molecule has 0 aliphatic carbocycles. The van der Waals surface area contributed by atoms with E-state index in [1.54, 1.807) is 0 Å². The molecule has 6 nitrogen and oxygen atoms in total. The predicted octanol–water partition coefficient (Wildman–Crippen LogP) is 0.552. The van der Waals surface area contributed by atoms with Crippen molar-refractivity contribution in [3.63, 3.8) is 0 Å². The van der Waals surface area contributed by atoms with E-state index in [0.717, 1.165) is 52.0 Å². The van der Waals surface area contributed by atoms with Crippen LogP contribution in [0.5, 0.6) is 0 Å². The number of amides is 1. The van der Waals surface area contributed by atoms with Gasteiger partial charge in [0, 0.05) is 39.5 Å². The number of nitrogens with zero attached hydrogens (tertiary/aromatic N) is 1. The van der Waals surface area contributed by atoms with Gasteiger partial charge in [-0.05, 0) is 31.6 Å². The topological polar surface area (TPSA) is 71.0 Å². The van der Waals surface area contributed by atoms with Gasteiger partial charge in [-0.15, -0.1) is 0 Å². The summed E-state index contributed by atoms with van der Waals surface area (Å²) in [7, 11) is 1.45. The van der Waals surface area contributed by atoms with Crippen molar-refractivity contribution >= 4 is 5.91 Å². The van der Waals surface area contributed by atoms with Gasteiger partial charge in [-0.1, -0.05) is 6.92 Å². The molecule has 2 aliphatic rings. The van der Waals surface area contributed by atoms with E-state index < -0.39 is 6.41 Å². The van der Waals surface area contributed by atoms with Gasteiger partial charge >= 0.3 is 0 Å². The number of ether oxygens (including phenoxy) is 2. The number of carbonyl (C=O) groups excluding carboxylic acids is 1. The maximum Gasteiger partial charge on any atom is 0.226 e. The van der Waals surface area contributed by atoms with Gasteiger partial charge < -0.3 is 19.5 Å². The first-order valence-corrected chi connectivity index (χ1v) is 7.97. The van der Waals surface area contributed by atoms with Crippen LogP contribution in [-0.4, -0.2) is 61.8 Å². The molecule has 2 fully saturated rings. The van der Waals surface area contributed by atoms with Crippen LogP contribution in [0.25, 0.3) is 0 Å². The lowest BCUT2D eigenvalue weighted by Crippen LogP contribution is -2.52. The fourth-order valence-electron chi connectivity index (χ4n) is 3.38. The van der Waals surface area contributed by atoms with Crippen molar-refractivity contribution in [1.29, 1.82) is 0 Å². The normalized spacial score (nSPS) is 24.8. The van der Waals surface area contributed by atoms with Crippen LogP contribution in [0.1, 0.15) is 32.6 Å². The zero-order chi connectivity index (χ0) is 15.2. The average Bonchev–Trinajstić information content (AvgIpc) is 3.06. The fourth-order valence-corrected chi connectivity index (χ4v) is 3.38. The minimum absolute atomic E-state index is 0.0862. The molecule has 0 radical (unpaired) electrons. The Morgan fingerprint density at radius 3 is 2.52 bits per heavy atom. The third-order valence-corrected chi connectivity index (χ3v) is 4.68. The van der Waals surface area contributed by atoms with Gasteiger partial charge in [0.15, 0.2) is 0 Å². The molecule has 1 amide bonds. The highest BCUT2D eigenvalue weighted by atomic mass is 16.6. The number of aliphatic hydroxyl groups is 1. The molecule has 0 aromatic carbocycles. The van der Waals surface area contributed by atoms with Crippen molar-refractivity contribution in [3.8, 4) is 0 Å². The second-order valence-corrected chi connectivity index (χ2v) is 6.05. The number of rotatable bonds is 6. The van der Waals surface area contributed by atoms with Gasteiger partial charge in [-0.2, -0.15) is 0 Å². The lowest BCUT2D eigenvalue weighted by molar-refractivity contribution is -0.141. The molecule has 3 unspecified atom stereocenters. The number of likely N-dealkylation sites (tertiary alicyclic amines) is 1. The quantitative estimate of drug-likeness (QED) is 0.701. The van der Waals surface area contributed by atoms with Crippen molar-refractivity contribution < 1.29 is 19.4 Å². The molecule has 0 aromatic rings. The summed E-state index contributed by atoms with van der Waals surface area (Å²) in [5, 5.41) is 12.8. The maximum atomic E-state index is 12.6. The van der Waals surface area contributed by atoms with Gasteiger partial charge in [-0.25, -0.2) is 0 Å². The van der Waals surface area contributed by atoms with E-state index in [0.29, 0.717) is 5.92 Å². The van der Waals surface area contributed by atoms with Gasteiger partial charge in [0.25, 0.3) is 0 Å². The van der Waals surface area contributed by atoms with Crippen LogP contribution in [0.3, 0.4) is 0 Å². The van der Waals surface area contributed by atoms with E-state index >= 15 is 0 Å². The fraction of sp³-hybridized carbons (Fsp3) is 0.933. The number of nitrogens with one attached hydrogen (secondary N) is 1. The Bertz CT molecular complexity index is 328. The molecule has 2 heterocycles. The van der Waals surface area contributed by atoms with Gasteiger partial charge in [-0.3, -0.25) is 10.1 Å². The van der Waals surface area contributed by atoms with E-state index in [1.807, 2.05) is 11.8 Å². The Morgan fingerprint density at radius 2 is 1.95 bits per heavy atom. The van der Waals surface area contributed by atoms with Crippen LogP contribution in [0, 0.1) is 11.8 Å². The van der Waals surface area contributed by atoms with Gasteiger partial charge in [0.2, 0.25) is 12.3 Å². The third kappa shape index (κ3) is 4.39.